The van der Waals surface area contributed by atoms with Gasteiger partial charge in [0.2, 0.25) is 5.91 Å². The number of benzene rings is 1. The molecule has 22 heavy (non-hydrogen) atoms. The minimum atomic E-state index is -0.960. The minimum absolute atomic E-state index is 0. The van der Waals surface area contributed by atoms with Gasteiger partial charge in [0.1, 0.15) is 0 Å². The highest BCUT2D eigenvalue weighted by atomic mass is 35.5. The number of nitrogens with one attached hydrogen (secondary N) is 1. The Hall–Kier alpha value is -0.910. The van der Waals surface area contributed by atoms with Gasteiger partial charge in [-0.15, -0.1) is 12.4 Å². The van der Waals surface area contributed by atoms with Crippen molar-refractivity contribution in [3.8, 4) is 0 Å². The molecule has 3 atom stereocenters. The van der Waals surface area contributed by atoms with Crippen LogP contribution in [0, 0.1) is 5.92 Å². The van der Waals surface area contributed by atoms with Crippen molar-refractivity contribution in [2.75, 3.05) is 12.3 Å². The third kappa shape index (κ3) is 6.46. The first-order valence-electron chi connectivity index (χ1n) is 7.20. The van der Waals surface area contributed by atoms with Crippen LogP contribution >= 0.6 is 12.4 Å². The van der Waals surface area contributed by atoms with Crippen LogP contribution in [-0.2, 0) is 15.6 Å². The first-order valence-corrected chi connectivity index (χ1v) is 8.52. The van der Waals surface area contributed by atoms with E-state index in [1.165, 1.54) is 0 Å². The Morgan fingerprint density at radius 2 is 1.82 bits per heavy atom. The summed E-state index contributed by atoms with van der Waals surface area (Å²) in [5, 5.41) is 2.82. The molecule has 3 unspecified atom stereocenters. The predicted octanol–water partition coefficient (Wildman–Crippen LogP) is 2.41. The molecule has 0 aliphatic rings. The lowest BCUT2D eigenvalue weighted by molar-refractivity contribution is -0.125. The Bertz CT molecular complexity index is 489. The maximum Gasteiger partial charge on any atom is 0.224 e. The molecule has 1 amide bonds. The average molecular weight is 347 g/mol. The Labute approximate surface area is 142 Å². The number of carbonyl (C=O) groups excluding carboxylic acids is 1. The van der Waals surface area contributed by atoms with Gasteiger partial charge in [-0.05, 0) is 26.3 Å². The van der Waals surface area contributed by atoms with Crippen LogP contribution in [0.15, 0.2) is 30.3 Å². The van der Waals surface area contributed by atoms with Crippen LogP contribution in [-0.4, -0.2) is 27.2 Å². The van der Waals surface area contributed by atoms with Crippen molar-refractivity contribution in [2.45, 2.75) is 38.5 Å². The van der Waals surface area contributed by atoms with Crippen molar-refractivity contribution < 1.29 is 9.00 Å². The molecule has 3 N–H and O–H groups in total. The van der Waals surface area contributed by atoms with Crippen LogP contribution in [0.3, 0.4) is 0 Å². The van der Waals surface area contributed by atoms with E-state index < -0.39 is 10.8 Å². The molecule has 0 spiro atoms. The van der Waals surface area contributed by atoms with Crippen LogP contribution in [0.2, 0.25) is 0 Å². The summed E-state index contributed by atoms with van der Waals surface area (Å²) in [4.78, 5) is 12.1. The largest absolute Gasteiger partial charge is 0.355 e. The van der Waals surface area contributed by atoms with Gasteiger partial charge in [-0.25, -0.2) is 0 Å². The van der Waals surface area contributed by atoms with Crippen molar-refractivity contribution in [3.05, 3.63) is 35.9 Å². The van der Waals surface area contributed by atoms with E-state index >= 15 is 0 Å². The topological polar surface area (TPSA) is 72.2 Å². The molecule has 0 aliphatic heterocycles. The Morgan fingerprint density at radius 1 is 1.27 bits per heavy atom. The van der Waals surface area contributed by atoms with Crippen LogP contribution in [0.4, 0.5) is 0 Å². The fraction of sp³-hybridized carbons (Fsp3) is 0.562. The van der Waals surface area contributed by atoms with E-state index in [1.54, 1.807) is 0 Å². The molecule has 0 saturated carbocycles. The summed E-state index contributed by atoms with van der Waals surface area (Å²) in [5.74, 6) is 0.0375. The van der Waals surface area contributed by atoms with Gasteiger partial charge in [-0.2, -0.15) is 0 Å². The summed E-state index contributed by atoms with van der Waals surface area (Å²) < 4.78 is 11.7. The van der Waals surface area contributed by atoms with Gasteiger partial charge in [-0.3, -0.25) is 9.00 Å². The quantitative estimate of drug-likeness (QED) is 0.830. The molecule has 0 radical (unpaired) electrons. The van der Waals surface area contributed by atoms with Gasteiger partial charge < -0.3 is 11.1 Å². The molecule has 4 nitrogen and oxygen atoms in total. The van der Waals surface area contributed by atoms with E-state index in [4.69, 9.17) is 5.73 Å². The summed E-state index contributed by atoms with van der Waals surface area (Å²) in [6, 6.07) is 9.24. The van der Waals surface area contributed by atoms with Gasteiger partial charge in [0.25, 0.3) is 0 Å². The fourth-order valence-corrected chi connectivity index (χ4v) is 2.76. The van der Waals surface area contributed by atoms with E-state index in [0.717, 1.165) is 5.56 Å². The Balaban J connectivity index is 0.00000441. The zero-order valence-corrected chi connectivity index (χ0v) is 15.3. The second-order valence-corrected chi connectivity index (χ2v) is 8.50. The number of rotatable bonds is 6. The summed E-state index contributed by atoms with van der Waals surface area (Å²) in [6.45, 7) is 8.01. The lowest BCUT2D eigenvalue weighted by Gasteiger charge is -2.21. The molecule has 0 aliphatic carbocycles. The van der Waals surface area contributed by atoms with Crippen molar-refractivity contribution in [3.63, 3.8) is 0 Å². The van der Waals surface area contributed by atoms with E-state index in [1.807, 2.05) is 58.0 Å². The molecule has 0 heterocycles. The Morgan fingerprint density at radius 3 is 2.32 bits per heavy atom. The highest BCUT2D eigenvalue weighted by molar-refractivity contribution is 7.86. The highest BCUT2D eigenvalue weighted by Gasteiger charge is 2.23. The standard InChI is InChI=1S/C16H26N2O2S.ClH/c1-12(14(17)13-8-6-5-7-9-13)15(19)18-10-11-21(20)16(2,3)4;/h5-9,12,14H,10-11,17H2,1-4H3,(H,18,19);1H. The molecule has 6 heteroatoms. The number of nitrogens with two attached hydrogens (primary N) is 1. The molecular formula is C16H27ClN2O2S. The maximum absolute atomic E-state index is 12.1. The monoisotopic (exact) mass is 346 g/mol. The summed E-state index contributed by atoms with van der Waals surface area (Å²) in [7, 11) is -0.960. The first-order chi connectivity index (χ1) is 9.73. The highest BCUT2D eigenvalue weighted by Crippen LogP contribution is 2.19. The van der Waals surface area contributed by atoms with Crippen molar-refractivity contribution in [2.24, 2.45) is 11.7 Å². The van der Waals surface area contributed by atoms with E-state index in [2.05, 4.69) is 5.32 Å². The summed E-state index contributed by atoms with van der Waals surface area (Å²) >= 11 is 0. The van der Waals surface area contributed by atoms with Gasteiger partial charge in [0.05, 0.1) is 5.92 Å². The third-order valence-corrected chi connectivity index (χ3v) is 5.35. The number of hydrogen-bond acceptors (Lipinski definition) is 3. The van der Waals surface area contributed by atoms with Crippen LogP contribution in [0.5, 0.6) is 0 Å². The molecular weight excluding hydrogens is 320 g/mol. The van der Waals surface area contributed by atoms with E-state index in [-0.39, 0.29) is 35.0 Å². The van der Waals surface area contributed by atoms with E-state index in [9.17, 15) is 9.00 Å². The molecule has 1 aromatic rings. The zero-order chi connectivity index (χ0) is 16.0. The molecule has 0 fully saturated rings. The lowest BCUT2D eigenvalue weighted by Crippen LogP contribution is -2.38. The molecule has 126 valence electrons. The summed E-state index contributed by atoms with van der Waals surface area (Å²) in [5.41, 5.74) is 7.06. The second kappa shape index (κ2) is 9.28. The first kappa shape index (κ1) is 21.1. The van der Waals surface area contributed by atoms with Gasteiger partial charge in [0.15, 0.2) is 0 Å². The summed E-state index contributed by atoms with van der Waals surface area (Å²) in [6.07, 6.45) is 0. The molecule has 0 bridgehead atoms. The normalized spacial score (nSPS) is 15.3. The van der Waals surface area contributed by atoms with Crippen LogP contribution < -0.4 is 11.1 Å². The Kier molecular flexibility index (Phi) is 8.89. The van der Waals surface area contributed by atoms with Gasteiger partial charge in [0, 0.05) is 33.9 Å². The van der Waals surface area contributed by atoms with Gasteiger partial charge in [-0.1, -0.05) is 37.3 Å². The third-order valence-electron chi connectivity index (χ3n) is 3.41. The molecule has 0 aromatic heterocycles. The minimum Gasteiger partial charge on any atom is -0.355 e. The predicted molar refractivity (Wildman–Crippen MR) is 95.6 cm³/mol. The van der Waals surface area contributed by atoms with Gasteiger partial charge >= 0.3 is 0 Å². The zero-order valence-electron chi connectivity index (χ0n) is 13.7. The van der Waals surface area contributed by atoms with Crippen LogP contribution in [0.1, 0.15) is 39.3 Å². The molecule has 0 saturated heterocycles. The average Bonchev–Trinajstić information content (AvgIpc) is 2.45. The van der Waals surface area contributed by atoms with Crippen molar-refractivity contribution in [1.82, 2.24) is 5.32 Å². The SMILES string of the molecule is CC(C(=O)NCCS(=O)C(C)(C)C)C(N)c1ccccc1.Cl. The van der Waals surface area contributed by atoms with E-state index in [0.29, 0.717) is 12.3 Å². The van der Waals surface area contributed by atoms with Crippen molar-refractivity contribution in [1.29, 1.82) is 0 Å². The lowest BCUT2D eigenvalue weighted by atomic mass is 9.95. The van der Waals surface area contributed by atoms with Crippen molar-refractivity contribution >= 4 is 29.1 Å². The number of halogens is 1. The number of hydrogen-bond donors (Lipinski definition) is 2. The number of carbonyl (C=O) groups is 1. The second-order valence-electron chi connectivity index (χ2n) is 6.18. The van der Waals surface area contributed by atoms with Crippen LogP contribution in [0.25, 0.3) is 0 Å². The molecule has 1 rings (SSSR count). The maximum atomic E-state index is 12.1. The fourth-order valence-electron chi connectivity index (χ4n) is 1.86. The molecule has 1 aromatic carbocycles. The number of amides is 1. The smallest absolute Gasteiger partial charge is 0.224 e.